The zero-order valence-electron chi connectivity index (χ0n) is 18.0. The Morgan fingerprint density at radius 2 is 1.97 bits per heavy atom. The number of aromatic amines is 1. The molecule has 0 aliphatic rings. The van der Waals surface area contributed by atoms with Crippen LogP contribution >= 0.6 is 0 Å². The molecule has 4 aromatic rings. The molecule has 0 atom stereocenters. The Balaban J connectivity index is 1.34. The summed E-state index contributed by atoms with van der Waals surface area (Å²) in [5.41, 5.74) is 2.64. The van der Waals surface area contributed by atoms with Gasteiger partial charge in [0.15, 0.2) is 0 Å². The van der Waals surface area contributed by atoms with Crippen LogP contribution in [-0.2, 0) is 11.2 Å². The first-order chi connectivity index (χ1) is 15.5. The molecule has 0 aliphatic carbocycles. The average Bonchev–Trinajstić information content (AvgIpc) is 3.24. The van der Waals surface area contributed by atoms with Crippen LogP contribution in [0, 0.1) is 6.92 Å². The predicted octanol–water partition coefficient (Wildman–Crippen LogP) is 4.25. The van der Waals surface area contributed by atoms with E-state index in [9.17, 15) is 9.59 Å². The van der Waals surface area contributed by atoms with Gasteiger partial charge >= 0.3 is 0 Å². The van der Waals surface area contributed by atoms with Gasteiger partial charge in [-0.15, -0.1) is 0 Å². The van der Waals surface area contributed by atoms with Crippen molar-refractivity contribution in [2.75, 3.05) is 11.9 Å². The van der Waals surface area contributed by atoms with E-state index in [1.54, 1.807) is 18.2 Å². The molecule has 0 saturated carbocycles. The monoisotopic (exact) mass is 432 g/mol. The van der Waals surface area contributed by atoms with E-state index in [2.05, 4.69) is 20.4 Å². The molecule has 0 radical (unpaired) electrons. The largest absolute Gasteiger partial charge is 0.494 e. The minimum atomic E-state index is -0.275. The summed E-state index contributed by atoms with van der Waals surface area (Å²) in [6, 6.07) is 14.8. The summed E-state index contributed by atoms with van der Waals surface area (Å²) in [5.74, 6) is 1.29. The third kappa shape index (κ3) is 5.03. The molecule has 164 valence electrons. The van der Waals surface area contributed by atoms with Gasteiger partial charge in [-0.25, -0.2) is 0 Å². The third-order valence-electron chi connectivity index (χ3n) is 4.95. The molecule has 2 heterocycles. The molecule has 0 fully saturated rings. The molecule has 0 aliphatic heterocycles. The van der Waals surface area contributed by atoms with Gasteiger partial charge in [-0.3, -0.25) is 9.59 Å². The quantitative estimate of drug-likeness (QED) is 0.431. The highest BCUT2D eigenvalue weighted by Gasteiger charge is 2.14. The molecule has 8 heteroatoms. The fraction of sp³-hybridized carbons (Fsp3) is 0.250. The van der Waals surface area contributed by atoms with Gasteiger partial charge in [0.05, 0.1) is 12.2 Å². The van der Waals surface area contributed by atoms with Gasteiger partial charge in [0.2, 0.25) is 17.6 Å². The molecule has 32 heavy (non-hydrogen) atoms. The maximum Gasteiger partial charge on any atom is 0.259 e. The SMILES string of the molecule is CCOc1ccc(NC(=O)CCCc2nc(-c3cc4cc(C)ccc4[nH]c3=O)no2)cc1. The molecule has 0 saturated heterocycles. The van der Waals surface area contributed by atoms with Crippen LogP contribution < -0.4 is 15.6 Å². The van der Waals surface area contributed by atoms with Crippen molar-refractivity contribution in [3.63, 3.8) is 0 Å². The van der Waals surface area contributed by atoms with Crippen molar-refractivity contribution >= 4 is 22.5 Å². The Kier molecular flexibility index (Phi) is 6.30. The van der Waals surface area contributed by atoms with Crippen molar-refractivity contribution < 1.29 is 14.1 Å². The molecular formula is C24H24N4O4. The van der Waals surface area contributed by atoms with E-state index in [1.807, 2.05) is 44.2 Å². The van der Waals surface area contributed by atoms with Crippen molar-refractivity contribution in [2.24, 2.45) is 0 Å². The maximum absolute atomic E-state index is 12.4. The van der Waals surface area contributed by atoms with E-state index < -0.39 is 0 Å². The molecule has 2 aromatic heterocycles. The van der Waals surface area contributed by atoms with Crippen LogP contribution in [0.3, 0.4) is 0 Å². The number of hydrogen-bond donors (Lipinski definition) is 2. The summed E-state index contributed by atoms with van der Waals surface area (Å²) in [4.78, 5) is 31.8. The zero-order valence-corrected chi connectivity index (χ0v) is 18.0. The number of H-pyrrole nitrogens is 1. The van der Waals surface area contributed by atoms with Crippen molar-refractivity contribution in [1.29, 1.82) is 0 Å². The summed E-state index contributed by atoms with van der Waals surface area (Å²) in [6.07, 6.45) is 1.28. The second-order valence-corrected chi connectivity index (χ2v) is 7.47. The highest BCUT2D eigenvalue weighted by atomic mass is 16.5. The van der Waals surface area contributed by atoms with Crippen LogP contribution in [0.15, 0.2) is 57.8 Å². The molecule has 0 spiro atoms. The lowest BCUT2D eigenvalue weighted by Crippen LogP contribution is -2.11. The first-order valence-electron chi connectivity index (χ1n) is 10.5. The van der Waals surface area contributed by atoms with Crippen LogP contribution in [-0.4, -0.2) is 27.6 Å². The number of nitrogens with one attached hydrogen (secondary N) is 2. The van der Waals surface area contributed by atoms with Crippen LogP contribution in [0.4, 0.5) is 5.69 Å². The van der Waals surface area contributed by atoms with E-state index in [0.29, 0.717) is 43.0 Å². The summed E-state index contributed by atoms with van der Waals surface area (Å²) in [5, 5.41) is 7.70. The lowest BCUT2D eigenvalue weighted by atomic mass is 10.1. The lowest BCUT2D eigenvalue weighted by Gasteiger charge is -2.06. The number of carbonyl (C=O) groups is 1. The topological polar surface area (TPSA) is 110 Å². The van der Waals surface area contributed by atoms with Gasteiger partial charge in [0.1, 0.15) is 5.75 Å². The standard InChI is InChI=1S/C24H24N4O4/c1-3-31-18-10-8-17(9-11-18)25-21(29)5-4-6-22-27-23(28-32-22)19-14-16-13-15(2)7-12-20(16)26-24(19)30/h7-14H,3-6H2,1-2H3,(H,25,29)(H,26,30). The Hall–Kier alpha value is -3.94. The fourth-order valence-corrected chi connectivity index (χ4v) is 3.38. The normalized spacial score (nSPS) is 10.9. The number of pyridine rings is 1. The van der Waals surface area contributed by atoms with Gasteiger partial charge in [0, 0.05) is 24.0 Å². The van der Waals surface area contributed by atoms with Crippen molar-refractivity contribution in [3.8, 4) is 17.1 Å². The van der Waals surface area contributed by atoms with Crippen LogP contribution in [0.2, 0.25) is 0 Å². The minimum absolute atomic E-state index is 0.102. The van der Waals surface area contributed by atoms with Gasteiger partial charge in [-0.2, -0.15) is 4.98 Å². The molecule has 2 aromatic carbocycles. The van der Waals surface area contributed by atoms with Crippen molar-refractivity contribution in [2.45, 2.75) is 33.1 Å². The van der Waals surface area contributed by atoms with Crippen molar-refractivity contribution in [1.82, 2.24) is 15.1 Å². The number of fused-ring (bicyclic) bond motifs is 1. The highest BCUT2D eigenvalue weighted by Crippen LogP contribution is 2.19. The minimum Gasteiger partial charge on any atom is -0.494 e. The zero-order chi connectivity index (χ0) is 22.5. The summed E-state index contributed by atoms with van der Waals surface area (Å²) in [6.45, 7) is 4.50. The third-order valence-corrected chi connectivity index (χ3v) is 4.95. The second kappa shape index (κ2) is 9.47. The van der Waals surface area contributed by atoms with Crippen LogP contribution in [0.25, 0.3) is 22.3 Å². The number of carbonyl (C=O) groups excluding carboxylic acids is 1. The number of rotatable bonds is 8. The van der Waals surface area contributed by atoms with Gasteiger partial charge < -0.3 is 19.6 Å². The van der Waals surface area contributed by atoms with Crippen molar-refractivity contribution in [3.05, 3.63) is 70.3 Å². The second-order valence-electron chi connectivity index (χ2n) is 7.47. The average molecular weight is 432 g/mol. The van der Waals surface area contributed by atoms with E-state index in [0.717, 1.165) is 22.2 Å². The summed E-state index contributed by atoms with van der Waals surface area (Å²) in [7, 11) is 0. The summed E-state index contributed by atoms with van der Waals surface area (Å²) >= 11 is 0. The highest BCUT2D eigenvalue weighted by molar-refractivity contribution is 5.90. The van der Waals surface area contributed by atoms with Gasteiger partial charge in [-0.05, 0) is 68.1 Å². The number of amides is 1. The summed E-state index contributed by atoms with van der Waals surface area (Å²) < 4.78 is 10.7. The van der Waals surface area contributed by atoms with E-state index >= 15 is 0 Å². The first-order valence-corrected chi connectivity index (χ1v) is 10.5. The smallest absolute Gasteiger partial charge is 0.259 e. The number of benzene rings is 2. The number of aromatic nitrogens is 3. The Labute approximate surface area is 184 Å². The molecule has 1 amide bonds. The van der Waals surface area contributed by atoms with Crippen LogP contribution in [0.1, 0.15) is 31.2 Å². The van der Waals surface area contributed by atoms with E-state index in [-0.39, 0.29) is 17.3 Å². The predicted molar refractivity (Wildman–Crippen MR) is 122 cm³/mol. The fourth-order valence-electron chi connectivity index (χ4n) is 3.38. The molecule has 2 N–H and O–H groups in total. The Morgan fingerprint density at radius 1 is 1.16 bits per heavy atom. The molecule has 8 nitrogen and oxygen atoms in total. The molecule has 0 bridgehead atoms. The number of ether oxygens (including phenoxy) is 1. The Morgan fingerprint density at radius 3 is 2.75 bits per heavy atom. The van der Waals surface area contributed by atoms with E-state index in [1.165, 1.54) is 0 Å². The van der Waals surface area contributed by atoms with Gasteiger partial charge in [-0.1, -0.05) is 16.8 Å². The molecule has 0 unspecified atom stereocenters. The lowest BCUT2D eigenvalue weighted by molar-refractivity contribution is -0.116. The maximum atomic E-state index is 12.4. The van der Waals surface area contributed by atoms with Gasteiger partial charge in [0.25, 0.3) is 5.56 Å². The van der Waals surface area contributed by atoms with E-state index in [4.69, 9.17) is 9.26 Å². The van der Waals surface area contributed by atoms with Crippen LogP contribution in [0.5, 0.6) is 5.75 Å². The number of nitrogens with zero attached hydrogens (tertiary/aromatic N) is 2. The number of anilines is 1. The Bertz CT molecular complexity index is 1290. The first kappa shape index (κ1) is 21.3. The molecule has 4 rings (SSSR count). The molecular weight excluding hydrogens is 408 g/mol. The number of aryl methyl sites for hydroxylation is 2. The number of hydrogen-bond acceptors (Lipinski definition) is 6.